The molecule has 270 valence electrons. The summed E-state index contributed by atoms with van der Waals surface area (Å²) in [6.07, 6.45) is 36.5. The lowest BCUT2D eigenvalue weighted by atomic mass is 10.1. The van der Waals surface area contributed by atoms with Crippen LogP contribution in [0, 0.1) is 0 Å². The maximum absolute atomic E-state index is 13.3. The van der Waals surface area contributed by atoms with Crippen LogP contribution in [0.15, 0.2) is 23.8 Å². The average Bonchev–Trinajstić information content (AvgIpc) is 3.05. The molecule has 0 unspecified atom stereocenters. The van der Waals surface area contributed by atoms with Crippen LogP contribution >= 0.6 is 0 Å². The van der Waals surface area contributed by atoms with Crippen molar-refractivity contribution in [3.05, 3.63) is 23.8 Å². The number of amides is 1. The Bertz CT molecular complexity index is 750. The predicted molar refractivity (Wildman–Crippen MR) is 202 cm³/mol. The van der Waals surface area contributed by atoms with E-state index in [2.05, 4.69) is 67.8 Å². The molecule has 0 radical (unpaired) electrons. The SMILES string of the molecule is CCCCCCCCCCCN(CCCCCCCC/C=C\C/C=C(/C)CCCCC)C(=O)CO[C@H]1CCCN(CCN(C)C)C1. The third-order valence-electron chi connectivity index (χ3n) is 9.65. The fourth-order valence-corrected chi connectivity index (χ4v) is 6.46. The van der Waals surface area contributed by atoms with Crippen LogP contribution in [0.4, 0.5) is 0 Å². The fraction of sp³-hybridized carbons (Fsp3) is 0.878. The maximum Gasteiger partial charge on any atom is 0.248 e. The third kappa shape index (κ3) is 25.9. The number of likely N-dealkylation sites (tertiary alicyclic amines) is 1. The first-order valence-electron chi connectivity index (χ1n) is 20.0. The summed E-state index contributed by atoms with van der Waals surface area (Å²) in [5, 5.41) is 0. The highest BCUT2D eigenvalue weighted by atomic mass is 16.5. The normalized spacial score (nSPS) is 16.2. The monoisotopic (exact) mass is 646 g/mol. The molecule has 1 heterocycles. The second kappa shape index (κ2) is 31.1. The van der Waals surface area contributed by atoms with Crippen molar-refractivity contribution >= 4 is 5.91 Å². The summed E-state index contributed by atoms with van der Waals surface area (Å²) >= 11 is 0. The molecule has 1 atom stereocenters. The van der Waals surface area contributed by atoms with Gasteiger partial charge in [0, 0.05) is 32.7 Å². The molecule has 0 saturated carbocycles. The minimum atomic E-state index is 0.195. The van der Waals surface area contributed by atoms with Crippen LogP contribution in [0.25, 0.3) is 0 Å². The summed E-state index contributed by atoms with van der Waals surface area (Å²) in [6.45, 7) is 13.2. The van der Waals surface area contributed by atoms with Gasteiger partial charge in [0.05, 0.1) is 6.10 Å². The van der Waals surface area contributed by atoms with Crippen molar-refractivity contribution in [2.75, 3.05) is 60.0 Å². The van der Waals surface area contributed by atoms with Crippen LogP contribution < -0.4 is 0 Å². The van der Waals surface area contributed by atoms with E-state index in [4.69, 9.17) is 4.74 Å². The number of rotatable bonds is 31. The Kier molecular flexibility index (Phi) is 29.0. The van der Waals surface area contributed by atoms with Gasteiger partial charge in [0.1, 0.15) is 6.61 Å². The molecule has 1 amide bonds. The van der Waals surface area contributed by atoms with Crippen LogP contribution in [0.1, 0.15) is 168 Å². The number of nitrogens with zero attached hydrogens (tertiary/aromatic N) is 3. The molecule has 0 aromatic rings. The van der Waals surface area contributed by atoms with E-state index in [1.165, 1.54) is 122 Å². The van der Waals surface area contributed by atoms with Gasteiger partial charge >= 0.3 is 0 Å². The number of likely N-dealkylation sites (N-methyl/N-ethyl adjacent to an activating group) is 1. The number of carbonyl (C=O) groups is 1. The number of unbranched alkanes of at least 4 members (excludes halogenated alkanes) is 16. The minimum Gasteiger partial charge on any atom is -0.367 e. The zero-order valence-electron chi connectivity index (χ0n) is 31.7. The Morgan fingerprint density at radius 3 is 1.98 bits per heavy atom. The molecule has 5 nitrogen and oxygen atoms in total. The lowest BCUT2D eigenvalue weighted by molar-refractivity contribution is -0.139. The van der Waals surface area contributed by atoms with Crippen molar-refractivity contribution in [3.63, 3.8) is 0 Å². The highest BCUT2D eigenvalue weighted by molar-refractivity contribution is 5.77. The smallest absolute Gasteiger partial charge is 0.248 e. The van der Waals surface area contributed by atoms with Crippen molar-refractivity contribution in [2.24, 2.45) is 0 Å². The zero-order valence-corrected chi connectivity index (χ0v) is 31.7. The van der Waals surface area contributed by atoms with Crippen molar-refractivity contribution in [1.82, 2.24) is 14.7 Å². The van der Waals surface area contributed by atoms with Crippen molar-refractivity contribution < 1.29 is 9.53 Å². The van der Waals surface area contributed by atoms with Gasteiger partial charge < -0.3 is 14.5 Å². The van der Waals surface area contributed by atoms with Crippen molar-refractivity contribution in [3.8, 4) is 0 Å². The molecule has 0 aromatic heterocycles. The molecule has 0 aliphatic carbocycles. The van der Waals surface area contributed by atoms with E-state index in [1.807, 2.05) is 0 Å². The van der Waals surface area contributed by atoms with E-state index in [-0.39, 0.29) is 18.6 Å². The number of hydrogen-bond donors (Lipinski definition) is 0. The van der Waals surface area contributed by atoms with E-state index in [9.17, 15) is 4.79 Å². The first-order chi connectivity index (χ1) is 22.5. The molecule has 1 aliphatic heterocycles. The van der Waals surface area contributed by atoms with Gasteiger partial charge in [-0.15, -0.1) is 0 Å². The number of piperidine rings is 1. The van der Waals surface area contributed by atoms with E-state index in [0.29, 0.717) is 0 Å². The standard InChI is InChI=1S/C41H79N3O2/c1-6-8-10-11-12-16-19-22-26-33-44(41(45)38-46-40-31-28-32-43(37-40)36-35-42(4)5)34-27-23-20-17-14-13-15-18-21-25-30-39(3)29-24-9-7-2/h18,21,30,40H,6-17,19-20,22-29,31-38H2,1-5H3/b21-18-,39-30-/t40-/m0/s1. The van der Waals surface area contributed by atoms with Crippen LogP contribution in [-0.4, -0.2) is 86.7 Å². The summed E-state index contributed by atoms with van der Waals surface area (Å²) < 4.78 is 6.24. The van der Waals surface area contributed by atoms with Crippen LogP contribution in [0.3, 0.4) is 0 Å². The number of hydrogen-bond acceptors (Lipinski definition) is 4. The Hall–Kier alpha value is -1.17. The summed E-state index contributed by atoms with van der Waals surface area (Å²) in [5.41, 5.74) is 1.55. The molecule has 1 rings (SSSR count). The van der Waals surface area contributed by atoms with Gasteiger partial charge in [0.25, 0.3) is 0 Å². The molecule has 46 heavy (non-hydrogen) atoms. The molecule has 5 heteroatoms. The number of ether oxygens (including phenoxy) is 1. The third-order valence-corrected chi connectivity index (χ3v) is 9.65. The molecule has 0 aromatic carbocycles. The van der Waals surface area contributed by atoms with Gasteiger partial charge in [0.2, 0.25) is 5.91 Å². The van der Waals surface area contributed by atoms with Gasteiger partial charge in [-0.25, -0.2) is 0 Å². The van der Waals surface area contributed by atoms with Crippen molar-refractivity contribution in [2.45, 2.75) is 175 Å². The largest absolute Gasteiger partial charge is 0.367 e. The van der Waals surface area contributed by atoms with Gasteiger partial charge in [-0.1, -0.05) is 128 Å². The second-order valence-corrected chi connectivity index (χ2v) is 14.5. The van der Waals surface area contributed by atoms with Gasteiger partial charge in [-0.05, 0) is 85.4 Å². The van der Waals surface area contributed by atoms with Gasteiger partial charge in [0.15, 0.2) is 0 Å². The summed E-state index contributed by atoms with van der Waals surface area (Å²) in [6, 6.07) is 0. The Morgan fingerprint density at radius 2 is 1.35 bits per heavy atom. The second-order valence-electron chi connectivity index (χ2n) is 14.5. The minimum absolute atomic E-state index is 0.195. The van der Waals surface area contributed by atoms with E-state index in [1.54, 1.807) is 5.57 Å². The van der Waals surface area contributed by atoms with E-state index >= 15 is 0 Å². The van der Waals surface area contributed by atoms with Gasteiger partial charge in [-0.3, -0.25) is 9.69 Å². The van der Waals surface area contributed by atoms with Crippen LogP contribution in [0.5, 0.6) is 0 Å². The average molecular weight is 646 g/mol. The van der Waals surface area contributed by atoms with E-state index in [0.717, 1.165) is 65.0 Å². The maximum atomic E-state index is 13.3. The topological polar surface area (TPSA) is 36.0 Å². The van der Waals surface area contributed by atoms with Gasteiger partial charge in [-0.2, -0.15) is 0 Å². The Morgan fingerprint density at radius 1 is 0.761 bits per heavy atom. The molecule has 0 N–H and O–H groups in total. The van der Waals surface area contributed by atoms with Crippen molar-refractivity contribution in [1.29, 1.82) is 0 Å². The molecular formula is C41H79N3O2. The van der Waals surface area contributed by atoms with E-state index < -0.39 is 0 Å². The fourth-order valence-electron chi connectivity index (χ4n) is 6.46. The highest BCUT2D eigenvalue weighted by Gasteiger charge is 2.22. The lowest BCUT2D eigenvalue weighted by Crippen LogP contribution is -2.44. The predicted octanol–water partition coefficient (Wildman–Crippen LogP) is 10.6. The summed E-state index contributed by atoms with van der Waals surface area (Å²) in [5.74, 6) is 0.211. The molecule has 1 aliphatic rings. The molecule has 0 bridgehead atoms. The molecule has 1 fully saturated rings. The number of carbonyl (C=O) groups excluding carboxylic acids is 1. The molecule has 1 saturated heterocycles. The quantitative estimate of drug-likeness (QED) is 0.0555. The summed E-state index contributed by atoms with van der Waals surface area (Å²) in [7, 11) is 4.27. The molecule has 0 spiro atoms. The van der Waals surface area contributed by atoms with Crippen LogP contribution in [0.2, 0.25) is 0 Å². The first-order valence-corrected chi connectivity index (χ1v) is 20.0. The molecular weight excluding hydrogens is 566 g/mol. The zero-order chi connectivity index (χ0) is 33.5. The Labute approximate surface area is 288 Å². The van der Waals surface area contributed by atoms with Crippen LogP contribution in [-0.2, 0) is 9.53 Å². The number of allylic oxidation sites excluding steroid dienone is 4. The summed E-state index contributed by atoms with van der Waals surface area (Å²) in [4.78, 5) is 20.2. The highest BCUT2D eigenvalue weighted by Crippen LogP contribution is 2.15. The first kappa shape index (κ1) is 42.9. The lowest BCUT2D eigenvalue weighted by Gasteiger charge is -2.33. The Balaban J connectivity index is 2.31.